The van der Waals surface area contributed by atoms with Crippen molar-refractivity contribution in [2.75, 3.05) is 25.1 Å². The fraction of sp³-hybridized carbons (Fsp3) is 0.400. The summed E-state index contributed by atoms with van der Waals surface area (Å²) in [7, 11) is 1.98. The van der Waals surface area contributed by atoms with E-state index in [0.29, 0.717) is 6.61 Å². The molecular formula is C10H15ClN2O. The number of hydrogen-bond donors (Lipinski definition) is 1. The van der Waals surface area contributed by atoms with E-state index in [2.05, 4.69) is 9.74 Å². The highest BCUT2D eigenvalue weighted by atomic mass is 35.5. The van der Waals surface area contributed by atoms with Gasteiger partial charge in [0.15, 0.2) is 0 Å². The molecule has 0 spiro atoms. The summed E-state index contributed by atoms with van der Waals surface area (Å²) in [6.07, 6.45) is 0. The molecule has 0 radical (unpaired) electrons. The van der Waals surface area contributed by atoms with Crippen molar-refractivity contribution >= 4 is 17.3 Å². The molecule has 0 unspecified atom stereocenters. The Hall–Kier alpha value is -0.770. The Bertz CT molecular complexity index is 304. The number of nitrogens with zero attached hydrogens (tertiary/aromatic N) is 1. The Morgan fingerprint density at radius 1 is 1.50 bits per heavy atom. The summed E-state index contributed by atoms with van der Waals surface area (Å²) in [5, 5.41) is 0.781. The van der Waals surface area contributed by atoms with Gasteiger partial charge in [-0.15, -0.1) is 0 Å². The Morgan fingerprint density at radius 3 is 2.86 bits per heavy atom. The van der Waals surface area contributed by atoms with Crippen LogP contribution in [0.3, 0.4) is 0 Å². The fourth-order valence-electron chi connectivity index (χ4n) is 1.32. The van der Waals surface area contributed by atoms with Crippen molar-refractivity contribution in [3.63, 3.8) is 0 Å². The second-order valence-electron chi connectivity index (χ2n) is 3.18. The quantitative estimate of drug-likeness (QED) is 0.779. The Morgan fingerprint density at radius 2 is 2.21 bits per heavy atom. The molecule has 3 nitrogen and oxygen atoms in total. The monoisotopic (exact) mass is 214 g/mol. The zero-order valence-electron chi connectivity index (χ0n) is 8.46. The zero-order valence-corrected chi connectivity index (χ0v) is 9.21. The third kappa shape index (κ3) is 2.61. The molecule has 2 N–H and O–H groups in total. The van der Waals surface area contributed by atoms with Crippen LogP contribution in [-0.2, 0) is 4.84 Å². The maximum Gasteiger partial charge on any atom is 0.0854 e. The molecule has 0 aliphatic carbocycles. The Labute approximate surface area is 89.4 Å². The number of hydrogen-bond acceptors (Lipinski definition) is 3. The standard InChI is InChI=1S/C10H15ClN2O/c1-8-9(11)4-3-5-10(8)13(2)6-7-14-12/h3-5H,6-7,12H2,1-2H3. The minimum Gasteiger partial charge on any atom is -0.372 e. The lowest BCUT2D eigenvalue weighted by molar-refractivity contribution is 0.145. The van der Waals surface area contributed by atoms with Crippen molar-refractivity contribution in [3.05, 3.63) is 28.8 Å². The van der Waals surface area contributed by atoms with Crippen LogP contribution in [0.4, 0.5) is 5.69 Å². The molecule has 0 fully saturated rings. The summed E-state index contributed by atoms with van der Waals surface area (Å²) in [5.41, 5.74) is 2.18. The molecule has 4 heteroatoms. The molecule has 0 bridgehead atoms. The van der Waals surface area contributed by atoms with Crippen LogP contribution in [0.15, 0.2) is 18.2 Å². The normalized spacial score (nSPS) is 10.3. The van der Waals surface area contributed by atoms with Crippen LogP contribution in [0, 0.1) is 6.92 Å². The molecule has 0 heterocycles. The third-order valence-electron chi connectivity index (χ3n) is 2.19. The van der Waals surface area contributed by atoms with E-state index in [1.54, 1.807) is 0 Å². The van der Waals surface area contributed by atoms with Crippen LogP contribution < -0.4 is 10.8 Å². The van der Waals surface area contributed by atoms with Crippen LogP contribution in [0.1, 0.15) is 5.56 Å². The fourth-order valence-corrected chi connectivity index (χ4v) is 1.49. The van der Waals surface area contributed by atoms with Crippen molar-refractivity contribution in [1.82, 2.24) is 0 Å². The van der Waals surface area contributed by atoms with Gasteiger partial charge in [-0.2, -0.15) is 0 Å². The molecule has 0 amide bonds. The molecule has 0 saturated carbocycles. The summed E-state index contributed by atoms with van der Waals surface area (Å²) in [6.45, 7) is 3.25. The van der Waals surface area contributed by atoms with E-state index < -0.39 is 0 Å². The smallest absolute Gasteiger partial charge is 0.0854 e. The van der Waals surface area contributed by atoms with E-state index in [1.165, 1.54) is 0 Å². The molecule has 14 heavy (non-hydrogen) atoms. The van der Waals surface area contributed by atoms with Crippen LogP contribution in [0.25, 0.3) is 0 Å². The Kier molecular flexibility index (Phi) is 4.20. The topological polar surface area (TPSA) is 38.5 Å². The summed E-state index contributed by atoms with van der Waals surface area (Å²) >= 11 is 6.01. The number of halogens is 1. The van der Waals surface area contributed by atoms with E-state index in [1.807, 2.05) is 32.2 Å². The van der Waals surface area contributed by atoms with Crippen LogP contribution in [-0.4, -0.2) is 20.2 Å². The first-order valence-electron chi connectivity index (χ1n) is 4.44. The number of rotatable bonds is 4. The van der Waals surface area contributed by atoms with Crippen molar-refractivity contribution < 1.29 is 4.84 Å². The summed E-state index contributed by atoms with van der Waals surface area (Å²) < 4.78 is 0. The van der Waals surface area contributed by atoms with Gasteiger partial charge in [-0.3, -0.25) is 0 Å². The van der Waals surface area contributed by atoms with Gasteiger partial charge in [-0.1, -0.05) is 17.7 Å². The van der Waals surface area contributed by atoms with E-state index >= 15 is 0 Å². The van der Waals surface area contributed by atoms with Crippen molar-refractivity contribution in [3.8, 4) is 0 Å². The van der Waals surface area contributed by atoms with Gasteiger partial charge in [-0.05, 0) is 24.6 Å². The molecule has 0 saturated heterocycles. The van der Waals surface area contributed by atoms with Gasteiger partial charge in [0, 0.05) is 24.3 Å². The van der Waals surface area contributed by atoms with Gasteiger partial charge in [0.05, 0.1) is 6.61 Å². The second-order valence-corrected chi connectivity index (χ2v) is 3.58. The lowest BCUT2D eigenvalue weighted by atomic mass is 10.2. The minimum absolute atomic E-state index is 0.502. The molecule has 0 atom stereocenters. The molecular weight excluding hydrogens is 200 g/mol. The van der Waals surface area contributed by atoms with E-state index in [9.17, 15) is 0 Å². The van der Waals surface area contributed by atoms with Crippen molar-refractivity contribution in [1.29, 1.82) is 0 Å². The SMILES string of the molecule is Cc1c(Cl)cccc1N(C)CCON. The van der Waals surface area contributed by atoms with Gasteiger partial charge >= 0.3 is 0 Å². The molecule has 1 rings (SSSR count). The number of nitrogens with two attached hydrogens (primary N) is 1. The molecule has 1 aromatic rings. The first-order chi connectivity index (χ1) is 6.66. The van der Waals surface area contributed by atoms with Gasteiger partial charge in [0.2, 0.25) is 0 Å². The largest absolute Gasteiger partial charge is 0.372 e. The molecule has 0 aromatic heterocycles. The van der Waals surface area contributed by atoms with Crippen molar-refractivity contribution in [2.45, 2.75) is 6.92 Å². The molecule has 0 aliphatic heterocycles. The van der Waals surface area contributed by atoms with Crippen LogP contribution >= 0.6 is 11.6 Å². The van der Waals surface area contributed by atoms with E-state index in [0.717, 1.165) is 22.8 Å². The minimum atomic E-state index is 0.502. The predicted octanol–water partition coefficient (Wildman–Crippen LogP) is 1.97. The average Bonchev–Trinajstić information content (AvgIpc) is 2.18. The molecule has 1 aromatic carbocycles. The Balaban J connectivity index is 2.79. The zero-order chi connectivity index (χ0) is 10.6. The number of anilines is 1. The van der Waals surface area contributed by atoms with Crippen LogP contribution in [0.2, 0.25) is 5.02 Å². The molecule has 0 aliphatic rings. The van der Waals surface area contributed by atoms with Crippen LogP contribution in [0.5, 0.6) is 0 Å². The van der Waals surface area contributed by atoms with Gasteiger partial charge < -0.3 is 9.74 Å². The van der Waals surface area contributed by atoms with Gasteiger partial charge in [0.1, 0.15) is 0 Å². The highest BCUT2D eigenvalue weighted by molar-refractivity contribution is 6.31. The van der Waals surface area contributed by atoms with E-state index in [4.69, 9.17) is 17.5 Å². The first kappa shape index (κ1) is 11.3. The second kappa shape index (κ2) is 5.20. The summed E-state index contributed by atoms with van der Waals surface area (Å²) in [6, 6.07) is 5.84. The first-order valence-corrected chi connectivity index (χ1v) is 4.82. The lowest BCUT2D eigenvalue weighted by Crippen LogP contribution is -2.24. The van der Waals surface area contributed by atoms with Gasteiger partial charge in [-0.25, -0.2) is 5.90 Å². The maximum absolute atomic E-state index is 6.01. The predicted molar refractivity (Wildman–Crippen MR) is 59.6 cm³/mol. The lowest BCUT2D eigenvalue weighted by Gasteiger charge is -2.21. The van der Waals surface area contributed by atoms with E-state index in [-0.39, 0.29) is 0 Å². The van der Waals surface area contributed by atoms with Crippen molar-refractivity contribution in [2.24, 2.45) is 5.90 Å². The average molecular weight is 215 g/mol. The maximum atomic E-state index is 6.01. The molecule has 78 valence electrons. The highest BCUT2D eigenvalue weighted by Crippen LogP contribution is 2.25. The van der Waals surface area contributed by atoms with Gasteiger partial charge in [0.25, 0.3) is 0 Å². The summed E-state index contributed by atoms with van der Waals surface area (Å²) in [5.74, 6) is 4.97. The highest BCUT2D eigenvalue weighted by Gasteiger charge is 2.06. The number of likely N-dealkylation sites (N-methyl/N-ethyl adjacent to an activating group) is 1. The number of benzene rings is 1. The summed E-state index contributed by atoms with van der Waals surface area (Å²) in [4.78, 5) is 6.59. The third-order valence-corrected chi connectivity index (χ3v) is 2.60.